The zero-order valence-corrected chi connectivity index (χ0v) is 34.0. The molecule has 0 N–H and O–H groups in total. The van der Waals surface area contributed by atoms with Crippen LogP contribution in [0.3, 0.4) is 0 Å². The zero-order chi connectivity index (χ0) is 41.9. The summed E-state index contributed by atoms with van der Waals surface area (Å²) in [5, 5.41) is 0. The second-order valence-electron chi connectivity index (χ2n) is 15.6. The Balaban J connectivity index is 1.19. The maximum Gasteiger partial charge on any atom is 0.417 e. The van der Waals surface area contributed by atoms with Gasteiger partial charge in [0.1, 0.15) is 12.3 Å². The number of hydrogen-bond donors (Lipinski definition) is 0. The van der Waals surface area contributed by atoms with Crippen LogP contribution >= 0.6 is 0 Å². The van der Waals surface area contributed by atoms with Crippen LogP contribution in [0, 0.1) is 0 Å². The second kappa shape index (κ2) is 14.9. The van der Waals surface area contributed by atoms with Crippen molar-refractivity contribution in [3.63, 3.8) is 0 Å². The molecule has 304 valence electrons. The number of nitrogens with zero attached hydrogens (tertiary/aromatic N) is 8. The maximum atomic E-state index is 14.6. The van der Waals surface area contributed by atoms with Crippen molar-refractivity contribution in [2.45, 2.75) is 64.0 Å². The van der Waals surface area contributed by atoms with E-state index in [-0.39, 0.29) is 23.3 Å². The van der Waals surface area contributed by atoms with Crippen molar-refractivity contribution in [3.8, 4) is 11.1 Å². The number of benzene rings is 5. The Morgan fingerprint density at radius 1 is 0.590 bits per heavy atom. The number of allylic oxidation sites excluding steroid dienone is 1. The molecule has 0 radical (unpaired) electrons. The van der Waals surface area contributed by atoms with Crippen LogP contribution in [0.4, 0.5) is 59.2 Å². The van der Waals surface area contributed by atoms with Gasteiger partial charge in [-0.1, -0.05) is 105 Å². The van der Waals surface area contributed by atoms with Gasteiger partial charge in [-0.3, -0.25) is 9.80 Å². The molecule has 0 spiro atoms. The summed E-state index contributed by atoms with van der Waals surface area (Å²) in [5.41, 5.74) is 6.69. The average Bonchev–Trinajstić information content (AvgIpc) is 3.80. The third-order valence-electron chi connectivity index (χ3n) is 12.7. The van der Waals surface area contributed by atoms with E-state index in [1.807, 2.05) is 66.7 Å². The van der Waals surface area contributed by atoms with Gasteiger partial charge in [-0.2, -0.15) is 13.2 Å². The van der Waals surface area contributed by atoms with E-state index in [1.54, 1.807) is 36.9 Å². The lowest BCUT2D eigenvalue weighted by molar-refractivity contribution is -0.137. The predicted octanol–water partition coefficient (Wildman–Crippen LogP) is 12.4. The van der Waals surface area contributed by atoms with E-state index in [2.05, 4.69) is 82.8 Å². The lowest BCUT2D eigenvalue weighted by atomic mass is 9.65. The SMILES string of the molecule is CCC1(CC)C(=CCc2ccc(-c3ccccc3C(F)(F)F)cc2N2c3nccnc3N(c3ccccc3)C2C)C2N(c3ccccc3)c3nccnc3N2c2ccccc21. The Morgan fingerprint density at radius 3 is 1.77 bits per heavy atom. The van der Waals surface area contributed by atoms with Crippen LogP contribution in [-0.4, -0.2) is 32.3 Å². The first-order valence-electron chi connectivity index (χ1n) is 20.7. The highest BCUT2D eigenvalue weighted by atomic mass is 19.4. The monoisotopic (exact) mass is 812 g/mol. The highest BCUT2D eigenvalue weighted by Crippen LogP contribution is 2.58. The Kier molecular flexibility index (Phi) is 9.34. The van der Waals surface area contributed by atoms with Crippen LogP contribution in [-0.2, 0) is 18.0 Å². The molecule has 61 heavy (non-hydrogen) atoms. The fourth-order valence-electron chi connectivity index (χ4n) is 9.92. The molecule has 0 saturated carbocycles. The molecule has 8 nitrogen and oxygen atoms in total. The number of rotatable bonds is 8. The van der Waals surface area contributed by atoms with Gasteiger partial charge in [0, 0.05) is 53.0 Å². The molecule has 5 heterocycles. The molecule has 10 rings (SSSR count). The van der Waals surface area contributed by atoms with Gasteiger partial charge in [0.2, 0.25) is 0 Å². The van der Waals surface area contributed by atoms with Crippen molar-refractivity contribution in [1.82, 2.24) is 19.9 Å². The lowest BCUT2D eigenvalue weighted by Crippen LogP contribution is -2.51. The normalized spacial score (nSPS) is 18.2. The molecule has 2 atom stereocenters. The number of anilines is 8. The summed E-state index contributed by atoms with van der Waals surface area (Å²) in [7, 11) is 0. The second-order valence-corrected chi connectivity index (χ2v) is 15.6. The molecule has 11 heteroatoms. The van der Waals surface area contributed by atoms with Crippen molar-refractivity contribution in [2.24, 2.45) is 0 Å². The third kappa shape index (κ3) is 6.04. The van der Waals surface area contributed by atoms with Crippen LogP contribution in [0.5, 0.6) is 0 Å². The molecule has 0 saturated heterocycles. The zero-order valence-electron chi connectivity index (χ0n) is 34.0. The standard InChI is InChI=1S/C50H43F3N8/c1-4-49(5-2)40-22-14-15-23-42(40)61-47-46(56-30-31-57-47)60(37-18-10-7-11-19-37)48(61)41(49)27-26-34-24-25-35(38-20-12-13-21-39(38)50(51,52)53)32-43(34)59-33(3)58(36-16-8-6-9-17-36)44-45(59)55-29-28-54-44/h6-25,27-33,48H,4-5,26H2,1-3H3. The molecule has 0 amide bonds. The van der Waals surface area contributed by atoms with Gasteiger partial charge in [0.05, 0.1) is 5.56 Å². The van der Waals surface area contributed by atoms with Crippen molar-refractivity contribution in [3.05, 3.63) is 181 Å². The van der Waals surface area contributed by atoms with Gasteiger partial charge in [-0.25, -0.2) is 19.9 Å². The molecule has 7 aromatic rings. The number of aromatic nitrogens is 4. The number of halogens is 3. The minimum Gasteiger partial charge on any atom is -0.302 e. The Hall–Kier alpha value is -7.01. The van der Waals surface area contributed by atoms with E-state index < -0.39 is 11.7 Å². The van der Waals surface area contributed by atoms with E-state index in [1.165, 1.54) is 17.2 Å². The summed E-state index contributed by atoms with van der Waals surface area (Å²) in [4.78, 5) is 28.5. The third-order valence-corrected chi connectivity index (χ3v) is 12.7. The molecule has 2 unspecified atom stereocenters. The summed E-state index contributed by atoms with van der Waals surface area (Å²) < 4.78 is 43.8. The Morgan fingerprint density at radius 2 is 1.13 bits per heavy atom. The smallest absolute Gasteiger partial charge is 0.302 e. The van der Waals surface area contributed by atoms with Gasteiger partial charge in [0.15, 0.2) is 23.3 Å². The topological polar surface area (TPSA) is 64.5 Å². The predicted molar refractivity (Wildman–Crippen MR) is 236 cm³/mol. The van der Waals surface area contributed by atoms with Gasteiger partial charge >= 0.3 is 6.18 Å². The van der Waals surface area contributed by atoms with E-state index >= 15 is 0 Å². The molecule has 3 aliphatic rings. The van der Waals surface area contributed by atoms with Crippen molar-refractivity contribution >= 4 is 46.0 Å². The Labute approximate surface area is 353 Å². The summed E-state index contributed by atoms with van der Waals surface area (Å²) in [6, 6.07) is 40.4. The van der Waals surface area contributed by atoms with Crippen LogP contribution in [0.25, 0.3) is 11.1 Å². The molecule has 2 aromatic heterocycles. The number of para-hydroxylation sites is 3. The maximum absolute atomic E-state index is 14.6. The summed E-state index contributed by atoms with van der Waals surface area (Å²) in [5.74, 6) is 2.86. The highest BCUT2D eigenvalue weighted by molar-refractivity contribution is 5.89. The summed E-state index contributed by atoms with van der Waals surface area (Å²) in [6.07, 6.45) is 6.21. The van der Waals surface area contributed by atoms with E-state index in [4.69, 9.17) is 19.9 Å². The fourth-order valence-corrected chi connectivity index (χ4v) is 9.92. The van der Waals surface area contributed by atoms with Crippen molar-refractivity contribution < 1.29 is 13.2 Å². The van der Waals surface area contributed by atoms with Gasteiger partial charge in [-0.15, -0.1) is 0 Å². The summed E-state index contributed by atoms with van der Waals surface area (Å²) in [6.45, 7) is 6.60. The van der Waals surface area contributed by atoms with Crippen LogP contribution < -0.4 is 19.6 Å². The first-order chi connectivity index (χ1) is 29.7. The highest BCUT2D eigenvalue weighted by Gasteiger charge is 2.53. The Bertz CT molecular complexity index is 2770. The van der Waals surface area contributed by atoms with E-state index in [9.17, 15) is 13.2 Å². The van der Waals surface area contributed by atoms with Gasteiger partial charge in [-0.05, 0) is 96.5 Å². The minimum atomic E-state index is -4.54. The molecular formula is C50H43F3N8. The van der Waals surface area contributed by atoms with Gasteiger partial charge < -0.3 is 9.80 Å². The average molecular weight is 813 g/mol. The number of hydrogen-bond acceptors (Lipinski definition) is 8. The minimum absolute atomic E-state index is 0.116. The molecule has 5 aromatic carbocycles. The van der Waals surface area contributed by atoms with E-state index in [0.717, 1.165) is 58.9 Å². The van der Waals surface area contributed by atoms with Crippen molar-refractivity contribution in [2.75, 3.05) is 19.6 Å². The first-order valence-corrected chi connectivity index (χ1v) is 20.7. The largest absolute Gasteiger partial charge is 0.417 e. The first kappa shape index (κ1) is 38.2. The van der Waals surface area contributed by atoms with Crippen LogP contribution in [0.2, 0.25) is 0 Å². The molecule has 0 fully saturated rings. The van der Waals surface area contributed by atoms with Crippen molar-refractivity contribution in [1.29, 1.82) is 0 Å². The molecule has 3 aliphatic heterocycles. The molecular weight excluding hydrogens is 770 g/mol. The number of alkyl halides is 3. The summed E-state index contributed by atoms with van der Waals surface area (Å²) >= 11 is 0. The van der Waals surface area contributed by atoms with Gasteiger partial charge in [0.25, 0.3) is 0 Å². The quantitative estimate of drug-likeness (QED) is 0.141. The lowest BCUT2D eigenvalue weighted by Gasteiger charge is -2.49. The number of fused-ring (bicyclic) bond motifs is 6. The van der Waals surface area contributed by atoms with Crippen LogP contribution in [0.15, 0.2) is 164 Å². The molecule has 0 bridgehead atoms. The fraction of sp³-hybridized carbons (Fsp3) is 0.200. The van der Waals surface area contributed by atoms with Crippen LogP contribution in [0.1, 0.15) is 50.3 Å². The molecule has 0 aliphatic carbocycles. The van der Waals surface area contributed by atoms with E-state index in [0.29, 0.717) is 23.6 Å².